The summed E-state index contributed by atoms with van der Waals surface area (Å²) in [6.45, 7) is 8.56. The van der Waals surface area contributed by atoms with E-state index in [2.05, 4.69) is 20.5 Å². The maximum Gasteiger partial charge on any atom is 0.273 e. The Hall–Kier alpha value is -2.91. The molecule has 4 N–H and O–H groups in total. The number of hydrogen-bond acceptors (Lipinski definition) is 7. The topological polar surface area (TPSA) is 123 Å². The molecule has 1 aromatic heterocycles. The number of morpholine rings is 1. The van der Waals surface area contributed by atoms with Crippen molar-refractivity contribution in [1.29, 1.82) is 0 Å². The highest BCUT2D eigenvalue weighted by atomic mass is 16.5. The van der Waals surface area contributed by atoms with Gasteiger partial charge in [-0.2, -0.15) is 0 Å². The highest BCUT2D eigenvalue weighted by Crippen LogP contribution is 2.19. The second-order valence-corrected chi connectivity index (χ2v) is 7.69. The number of benzene rings is 1. The molecule has 3 rings (SSSR count). The quantitative estimate of drug-likeness (QED) is 0.631. The molecule has 1 aliphatic heterocycles. The van der Waals surface area contributed by atoms with Gasteiger partial charge in [-0.25, -0.2) is 4.98 Å². The highest BCUT2D eigenvalue weighted by Gasteiger charge is 2.26. The van der Waals surface area contributed by atoms with E-state index < -0.39 is 18.0 Å². The van der Waals surface area contributed by atoms with Gasteiger partial charge in [0.1, 0.15) is 12.3 Å². The molecular formula is C21H29N5O4. The molecule has 9 heteroatoms. The van der Waals surface area contributed by atoms with Crippen molar-refractivity contribution >= 4 is 23.2 Å². The molecular weight excluding hydrogens is 386 g/mol. The fraction of sp³-hybridized carbons (Fsp3) is 0.476. The Morgan fingerprint density at radius 1 is 1.13 bits per heavy atom. The van der Waals surface area contributed by atoms with Crippen LogP contribution in [0.15, 0.2) is 34.9 Å². The Morgan fingerprint density at radius 3 is 2.37 bits per heavy atom. The summed E-state index contributed by atoms with van der Waals surface area (Å²) >= 11 is 0. The van der Waals surface area contributed by atoms with Crippen molar-refractivity contribution in [3.05, 3.63) is 42.1 Å². The van der Waals surface area contributed by atoms with Crippen LogP contribution in [0.3, 0.4) is 0 Å². The van der Waals surface area contributed by atoms with Gasteiger partial charge in [-0.05, 0) is 37.1 Å². The first-order chi connectivity index (χ1) is 14.3. The van der Waals surface area contributed by atoms with Crippen molar-refractivity contribution in [2.24, 2.45) is 11.7 Å². The van der Waals surface area contributed by atoms with Crippen molar-refractivity contribution in [2.45, 2.75) is 32.9 Å². The van der Waals surface area contributed by atoms with Crippen LogP contribution in [0.2, 0.25) is 0 Å². The minimum atomic E-state index is -0.730. The Morgan fingerprint density at radius 2 is 1.80 bits per heavy atom. The van der Waals surface area contributed by atoms with Gasteiger partial charge >= 0.3 is 0 Å². The molecule has 1 fully saturated rings. The number of nitrogens with zero attached hydrogens (tertiary/aromatic N) is 2. The lowest BCUT2D eigenvalue weighted by atomic mass is 10.0. The second kappa shape index (κ2) is 9.73. The molecule has 0 radical (unpaired) electrons. The lowest BCUT2D eigenvalue weighted by Crippen LogP contribution is -2.47. The zero-order valence-electron chi connectivity index (χ0n) is 17.6. The first kappa shape index (κ1) is 21.8. The molecule has 0 spiro atoms. The molecule has 2 heterocycles. The lowest BCUT2D eigenvalue weighted by Gasteiger charge is -2.29. The predicted molar refractivity (Wildman–Crippen MR) is 113 cm³/mol. The standard InChI is InChI=1S/C21H29N5O4/c1-13(2)18(25-19(27)17-12-30-21(24-17)14(3)22)20(28)23-15-4-6-16(7-5-15)26-8-10-29-11-9-26/h4-7,12-14,18H,8-11,22H2,1-3H3,(H,23,28)(H,25,27)/t14-,18+/m0/s1. The largest absolute Gasteiger partial charge is 0.446 e. The molecule has 9 nitrogen and oxygen atoms in total. The van der Waals surface area contributed by atoms with Crippen LogP contribution in [0.4, 0.5) is 11.4 Å². The van der Waals surface area contributed by atoms with Gasteiger partial charge in [0.15, 0.2) is 5.69 Å². The van der Waals surface area contributed by atoms with Crippen LogP contribution in [0.1, 0.15) is 43.2 Å². The molecule has 2 amide bonds. The van der Waals surface area contributed by atoms with Gasteiger partial charge in [-0.15, -0.1) is 0 Å². The van der Waals surface area contributed by atoms with Gasteiger partial charge in [0, 0.05) is 24.5 Å². The van der Waals surface area contributed by atoms with E-state index >= 15 is 0 Å². The number of nitrogens with one attached hydrogen (secondary N) is 2. The maximum absolute atomic E-state index is 12.8. The smallest absolute Gasteiger partial charge is 0.273 e. The summed E-state index contributed by atoms with van der Waals surface area (Å²) in [6.07, 6.45) is 1.24. The SMILES string of the molecule is CC(C)[C@@H](NC(=O)c1coc([C@H](C)N)n1)C(=O)Nc1ccc(N2CCOCC2)cc1. The molecule has 2 atom stereocenters. The second-order valence-electron chi connectivity index (χ2n) is 7.69. The molecule has 2 aromatic rings. The van der Waals surface area contributed by atoms with Crippen LogP contribution in [0, 0.1) is 5.92 Å². The van der Waals surface area contributed by atoms with E-state index in [9.17, 15) is 9.59 Å². The third-order valence-corrected chi connectivity index (χ3v) is 4.89. The number of nitrogens with two attached hydrogens (primary N) is 1. The van der Waals surface area contributed by atoms with Gasteiger partial charge in [0.05, 0.1) is 19.3 Å². The zero-order chi connectivity index (χ0) is 21.7. The molecule has 0 bridgehead atoms. The van der Waals surface area contributed by atoms with Crippen LogP contribution in [0.25, 0.3) is 0 Å². The van der Waals surface area contributed by atoms with Crippen molar-refractivity contribution in [2.75, 3.05) is 36.5 Å². The number of anilines is 2. The Kier molecular flexibility index (Phi) is 7.07. The number of amides is 2. The first-order valence-electron chi connectivity index (χ1n) is 10.1. The summed E-state index contributed by atoms with van der Waals surface area (Å²) in [5, 5.41) is 5.60. The maximum atomic E-state index is 12.8. The van der Waals surface area contributed by atoms with Crippen molar-refractivity contribution in [3.8, 4) is 0 Å². The minimum Gasteiger partial charge on any atom is -0.446 e. The third kappa shape index (κ3) is 5.37. The highest BCUT2D eigenvalue weighted by molar-refractivity contribution is 6.00. The van der Waals surface area contributed by atoms with Crippen LogP contribution >= 0.6 is 0 Å². The molecule has 1 saturated heterocycles. The van der Waals surface area contributed by atoms with E-state index in [4.69, 9.17) is 14.9 Å². The fourth-order valence-electron chi connectivity index (χ4n) is 3.15. The fourth-order valence-corrected chi connectivity index (χ4v) is 3.15. The van der Waals surface area contributed by atoms with Crippen LogP contribution < -0.4 is 21.3 Å². The average Bonchev–Trinajstić information content (AvgIpc) is 3.23. The van der Waals surface area contributed by atoms with Gasteiger partial charge in [0.2, 0.25) is 11.8 Å². The van der Waals surface area contributed by atoms with E-state index in [-0.39, 0.29) is 23.4 Å². The molecule has 1 aromatic carbocycles. The third-order valence-electron chi connectivity index (χ3n) is 4.89. The van der Waals surface area contributed by atoms with Crippen molar-refractivity contribution in [3.63, 3.8) is 0 Å². The Balaban J connectivity index is 1.62. The summed E-state index contributed by atoms with van der Waals surface area (Å²) in [5.74, 6) is -0.636. The number of carbonyl (C=O) groups excluding carboxylic acids is 2. The number of carbonyl (C=O) groups is 2. The monoisotopic (exact) mass is 415 g/mol. The summed E-state index contributed by atoms with van der Waals surface area (Å²) in [5.41, 5.74) is 7.55. The van der Waals surface area contributed by atoms with Crippen molar-refractivity contribution < 1.29 is 18.7 Å². The summed E-state index contributed by atoms with van der Waals surface area (Å²) in [4.78, 5) is 31.6. The van der Waals surface area contributed by atoms with Gasteiger partial charge < -0.3 is 30.4 Å². The van der Waals surface area contributed by atoms with Crippen LogP contribution in [-0.2, 0) is 9.53 Å². The number of hydrogen-bond donors (Lipinski definition) is 3. The molecule has 0 unspecified atom stereocenters. The number of rotatable bonds is 7. The van der Waals surface area contributed by atoms with Gasteiger partial charge in [-0.3, -0.25) is 9.59 Å². The van der Waals surface area contributed by atoms with Gasteiger partial charge in [0.25, 0.3) is 5.91 Å². The first-order valence-corrected chi connectivity index (χ1v) is 10.1. The number of oxazole rings is 1. The molecule has 0 saturated carbocycles. The van der Waals surface area contributed by atoms with E-state index in [0.717, 1.165) is 18.8 Å². The molecule has 1 aliphatic rings. The van der Waals surface area contributed by atoms with Crippen LogP contribution in [0.5, 0.6) is 0 Å². The Bertz CT molecular complexity index is 857. The molecule has 162 valence electrons. The zero-order valence-corrected chi connectivity index (χ0v) is 17.6. The van der Waals surface area contributed by atoms with Gasteiger partial charge in [-0.1, -0.05) is 13.8 Å². The number of ether oxygens (including phenoxy) is 1. The van der Waals surface area contributed by atoms with Crippen LogP contribution in [-0.4, -0.2) is 49.1 Å². The van der Waals surface area contributed by atoms with Crippen molar-refractivity contribution in [1.82, 2.24) is 10.3 Å². The minimum absolute atomic E-state index is 0.0932. The number of aromatic nitrogens is 1. The molecule has 0 aliphatic carbocycles. The predicted octanol–water partition coefficient (Wildman–Crippen LogP) is 1.92. The lowest BCUT2D eigenvalue weighted by molar-refractivity contribution is -0.118. The molecule has 30 heavy (non-hydrogen) atoms. The summed E-state index contributed by atoms with van der Waals surface area (Å²) in [6, 6.07) is 6.50. The average molecular weight is 415 g/mol. The normalized spacial score (nSPS) is 16.2. The van der Waals surface area contributed by atoms with E-state index in [1.54, 1.807) is 6.92 Å². The summed E-state index contributed by atoms with van der Waals surface area (Å²) in [7, 11) is 0. The van der Waals surface area contributed by atoms with E-state index in [1.807, 2.05) is 38.1 Å². The van der Waals surface area contributed by atoms with E-state index in [1.165, 1.54) is 6.26 Å². The summed E-state index contributed by atoms with van der Waals surface area (Å²) < 4.78 is 10.6. The van der Waals surface area contributed by atoms with E-state index in [0.29, 0.717) is 18.9 Å². The Labute approximate surface area is 176 Å².